The van der Waals surface area contributed by atoms with E-state index in [1.165, 1.54) is 50.3 Å². The molecule has 2 aliphatic rings. The van der Waals surface area contributed by atoms with E-state index in [1.54, 1.807) is 0 Å². The average Bonchev–Trinajstić information content (AvgIpc) is 2.37. The predicted molar refractivity (Wildman–Crippen MR) is 77.3 cm³/mol. The predicted octanol–water partition coefficient (Wildman–Crippen LogP) is 3.00. The number of nitrogens with zero attached hydrogens (tertiary/aromatic N) is 1. The minimum absolute atomic E-state index is 0.578. The van der Waals surface area contributed by atoms with E-state index in [-0.39, 0.29) is 0 Å². The lowest BCUT2D eigenvalue weighted by atomic mass is 9.75. The summed E-state index contributed by atoms with van der Waals surface area (Å²) in [5.41, 5.74) is 3.43. The third-order valence-corrected chi connectivity index (χ3v) is 4.59. The van der Waals surface area contributed by atoms with Gasteiger partial charge in [0.05, 0.1) is 0 Å². The van der Waals surface area contributed by atoms with E-state index < -0.39 is 0 Å². The smallest absolute Gasteiger partial charge is 0.0366 e. The first kappa shape index (κ1) is 12.0. The van der Waals surface area contributed by atoms with Crippen LogP contribution in [0.1, 0.15) is 38.2 Å². The summed E-state index contributed by atoms with van der Waals surface area (Å²) in [6.07, 6.45) is 2.74. The van der Waals surface area contributed by atoms with E-state index in [2.05, 4.69) is 48.3 Å². The van der Waals surface area contributed by atoms with Crippen LogP contribution in [0.5, 0.6) is 0 Å². The van der Waals surface area contributed by atoms with Crippen molar-refractivity contribution in [1.82, 2.24) is 5.32 Å². The Labute approximate surface area is 110 Å². The molecule has 1 aromatic carbocycles. The first-order valence-electron chi connectivity index (χ1n) is 7.24. The first-order valence-corrected chi connectivity index (χ1v) is 7.24. The van der Waals surface area contributed by atoms with Crippen LogP contribution in [0, 0.1) is 5.41 Å². The van der Waals surface area contributed by atoms with Crippen molar-refractivity contribution in [2.24, 2.45) is 5.41 Å². The van der Waals surface area contributed by atoms with Crippen LogP contribution in [-0.2, 0) is 0 Å². The second-order valence-corrected chi connectivity index (χ2v) is 6.37. The average molecular weight is 244 g/mol. The zero-order valence-corrected chi connectivity index (χ0v) is 11.6. The lowest BCUT2D eigenvalue weighted by Crippen LogP contribution is -2.61. The van der Waals surface area contributed by atoms with E-state index in [0.29, 0.717) is 11.3 Å². The van der Waals surface area contributed by atoms with E-state index >= 15 is 0 Å². The molecule has 2 aliphatic heterocycles. The molecule has 0 saturated carbocycles. The Bertz CT molecular complexity index is 404. The molecule has 2 fully saturated rings. The van der Waals surface area contributed by atoms with Gasteiger partial charge in [0.1, 0.15) is 0 Å². The van der Waals surface area contributed by atoms with E-state index in [0.717, 1.165) is 0 Å². The quantitative estimate of drug-likeness (QED) is 0.860. The lowest BCUT2D eigenvalue weighted by molar-refractivity contribution is 0.138. The van der Waals surface area contributed by atoms with Crippen LogP contribution in [0.25, 0.3) is 0 Å². The number of nitrogens with one attached hydrogen (secondary N) is 1. The number of benzene rings is 1. The van der Waals surface area contributed by atoms with Crippen LogP contribution in [-0.4, -0.2) is 26.2 Å². The van der Waals surface area contributed by atoms with Gasteiger partial charge < -0.3 is 10.2 Å². The maximum absolute atomic E-state index is 3.44. The number of anilines is 1. The number of piperidine rings is 1. The summed E-state index contributed by atoms with van der Waals surface area (Å²) in [6, 6.07) is 9.20. The Morgan fingerprint density at radius 2 is 1.89 bits per heavy atom. The maximum Gasteiger partial charge on any atom is 0.0366 e. The summed E-state index contributed by atoms with van der Waals surface area (Å²) in [5, 5.41) is 3.44. The molecule has 18 heavy (non-hydrogen) atoms. The highest BCUT2D eigenvalue weighted by Gasteiger charge is 2.40. The zero-order chi connectivity index (χ0) is 12.6. The minimum atomic E-state index is 0.578. The molecule has 98 valence electrons. The van der Waals surface area contributed by atoms with Crippen molar-refractivity contribution < 1.29 is 0 Å². The topological polar surface area (TPSA) is 15.3 Å². The molecular formula is C16H24N2. The van der Waals surface area contributed by atoms with Crippen LogP contribution in [0.15, 0.2) is 24.3 Å². The highest BCUT2D eigenvalue weighted by molar-refractivity contribution is 5.49. The van der Waals surface area contributed by atoms with Gasteiger partial charge in [0.15, 0.2) is 0 Å². The van der Waals surface area contributed by atoms with Crippen molar-refractivity contribution in [3.63, 3.8) is 0 Å². The summed E-state index contributed by atoms with van der Waals surface area (Å²) < 4.78 is 0. The number of hydrogen-bond acceptors (Lipinski definition) is 2. The molecule has 3 rings (SSSR count). The number of rotatable bonds is 2. The van der Waals surface area contributed by atoms with Gasteiger partial charge in [-0.05, 0) is 36.5 Å². The largest absolute Gasteiger partial charge is 0.371 e. The monoisotopic (exact) mass is 244 g/mol. The van der Waals surface area contributed by atoms with Gasteiger partial charge >= 0.3 is 0 Å². The van der Waals surface area contributed by atoms with E-state index in [1.807, 2.05) is 0 Å². The van der Waals surface area contributed by atoms with Crippen LogP contribution in [0.4, 0.5) is 5.69 Å². The molecule has 0 atom stereocenters. The van der Waals surface area contributed by atoms with Crippen LogP contribution in [0.3, 0.4) is 0 Å². The highest BCUT2D eigenvalue weighted by atomic mass is 15.2. The Balaban J connectivity index is 1.73. The molecule has 1 N–H and O–H groups in total. The minimum Gasteiger partial charge on any atom is -0.371 e. The van der Waals surface area contributed by atoms with E-state index in [9.17, 15) is 0 Å². The van der Waals surface area contributed by atoms with Gasteiger partial charge in [-0.15, -0.1) is 0 Å². The standard InChI is InChI=1S/C16H24N2/c1-13(2)14-4-6-15(7-5-14)18-9-3-8-16(12-18)10-17-11-16/h4-7,13,17H,3,8-12H2,1-2H3. The molecule has 2 heterocycles. The molecule has 0 aliphatic carbocycles. The lowest BCUT2D eigenvalue weighted by Gasteiger charge is -2.50. The fourth-order valence-electron chi connectivity index (χ4n) is 3.27. The van der Waals surface area contributed by atoms with Crippen molar-refractivity contribution in [2.75, 3.05) is 31.1 Å². The third kappa shape index (κ3) is 2.14. The maximum atomic E-state index is 3.44. The highest BCUT2D eigenvalue weighted by Crippen LogP contribution is 2.35. The second-order valence-electron chi connectivity index (χ2n) is 6.37. The first-order chi connectivity index (χ1) is 8.69. The van der Waals surface area contributed by atoms with Crippen LogP contribution >= 0.6 is 0 Å². The van der Waals surface area contributed by atoms with E-state index in [4.69, 9.17) is 0 Å². The summed E-state index contributed by atoms with van der Waals surface area (Å²) >= 11 is 0. The van der Waals surface area contributed by atoms with Crippen molar-refractivity contribution >= 4 is 5.69 Å². The molecule has 0 amide bonds. The van der Waals surface area contributed by atoms with Crippen molar-refractivity contribution in [1.29, 1.82) is 0 Å². The molecule has 2 nitrogen and oxygen atoms in total. The summed E-state index contributed by atoms with van der Waals surface area (Å²) in [7, 11) is 0. The molecule has 0 unspecified atom stereocenters. The molecule has 0 bridgehead atoms. The van der Waals surface area contributed by atoms with Crippen LogP contribution < -0.4 is 10.2 Å². The van der Waals surface area contributed by atoms with Crippen molar-refractivity contribution in [3.8, 4) is 0 Å². The SMILES string of the molecule is CC(C)c1ccc(N2CCCC3(CNC3)C2)cc1. The summed E-state index contributed by atoms with van der Waals surface area (Å²) in [6.45, 7) is 9.40. The molecule has 2 saturated heterocycles. The summed E-state index contributed by atoms with van der Waals surface area (Å²) in [5.74, 6) is 0.627. The fraction of sp³-hybridized carbons (Fsp3) is 0.625. The molecule has 1 aromatic rings. The van der Waals surface area contributed by atoms with Crippen molar-refractivity contribution in [2.45, 2.75) is 32.6 Å². The molecule has 2 heteroatoms. The van der Waals surface area contributed by atoms with Gasteiger partial charge in [-0.25, -0.2) is 0 Å². The zero-order valence-electron chi connectivity index (χ0n) is 11.6. The van der Waals surface area contributed by atoms with Gasteiger partial charge in [-0.2, -0.15) is 0 Å². The summed E-state index contributed by atoms with van der Waals surface area (Å²) in [4.78, 5) is 2.58. The van der Waals surface area contributed by atoms with Gasteiger partial charge in [0.25, 0.3) is 0 Å². The van der Waals surface area contributed by atoms with Gasteiger partial charge in [-0.1, -0.05) is 26.0 Å². The second kappa shape index (κ2) is 4.58. The van der Waals surface area contributed by atoms with Gasteiger partial charge in [0.2, 0.25) is 0 Å². The Kier molecular flexibility index (Phi) is 3.06. The van der Waals surface area contributed by atoms with Gasteiger partial charge in [0, 0.05) is 37.3 Å². The molecule has 0 radical (unpaired) electrons. The van der Waals surface area contributed by atoms with Crippen LogP contribution in [0.2, 0.25) is 0 Å². The molecule has 1 spiro atoms. The van der Waals surface area contributed by atoms with Crippen molar-refractivity contribution in [3.05, 3.63) is 29.8 Å². The Morgan fingerprint density at radius 1 is 1.17 bits per heavy atom. The van der Waals surface area contributed by atoms with Gasteiger partial charge in [-0.3, -0.25) is 0 Å². The normalized spacial score (nSPS) is 22.3. The number of hydrogen-bond donors (Lipinski definition) is 1. The Hall–Kier alpha value is -1.02. The molecule has 0 aromatic heterocycles. The fourth-order valence-corrected chi connectivity index (χ4v) is 3.27. The third-order valence-electron chi connectivity index (χ3n) is 4.59. The molecular weight excluding hydrogens is 220 g/mol. The Morgan fingerprint density at radius 3 is 2.44 bits per heavy atom.